The van der Waals surface area contributed by atoms with Gasteiger partial charge in [0.05, 0.1) is 5.69 Å². The molecule has 2 aromatic rings. The van der Waals surface area contributed by atoms with Crippen LogP contribution in [0.1, 0.15) is 16.2 Å². The molecule has 4 nitrogen and oxygen atoms in total. The number of aromatic amines is 1. The Morgan fingerprint density at radius 2 is 1.95 bits per heavy atom. The summed E-state index contributed by atoms with van der Waals surface area (Å²) in [5.41, 5.74) is -2.57. The topological polar surface area (TPSA) is 57.8 Å². The zero-order valence-electron chi connectivity index (χ0n) is 9.86. The second-order valence-electron chi connectivity index (χ2n) is 3.84. The van der Waals surface area contributed by atoms with E-state index >= 15 is 0 Å². The number of amides is 1. The van der Waals surface area contributed by atoms with Gasteiger partial charge in [-0.25, -0.2) is 8.78 Å². The predicted octanol–water partition coefficient (Wildman–Crippen LogP) is 3.61. The van der Waals surface area contributed by atoms with E-state index in [1.165, 1.54) is 0 Å². The van der Waals surface area contributed by atoms with Crippen LogP contribution in [0.2, 0.25) is 5.02 Å². The van der Waals surface area contributed by atoms with E-state index in [0.29, 0.717) is 6.07 Å². The van der Waals surface area contributed by atoms with Crippen LogP contribution < -0.4 is 5.32 Å². The summed E-state index contributed by atoms with van der Waals surface area (Å²) >= 11 is 5.41. The standard InChI is InChI=1S/C11H5ClF5N3O/c12-7-8(19-20-9(7)11(15,16)17)10(21)18-6-2-1-4(13)3-5(6)14/h1-3H,(H,18,21)(H,19,20). The van der Waals surface area contributed by atoms with Crippen molar-refractivity contribution >= 4 is 23.2 Å². The lowest BCUT2D eigenvalue weighted by atomic mass is 10.2. The second-order valence-corrected chi connectivity index (χ2v) is 4.22. The molecule has 0 aliphatic heterocycles. The van der Waals surface area contributed by atoms with Crippen molar-refractivity contribution in [2.45, 2.75) is 6.18 Å². The quantitative estimate of drug-likeness (QED) is 0.829. The normalized spacial score (nSPS) is 11.5. The smallest absolute Gasteiger partial charge is 0.318 e. The molecule has 0 bridgehead atoms. The SMILES string of the molecule is O=C(Nc1ccc(F)cc1F)c1n[nH]c(C(F)(F)F)c1Cl. The largest absolute Gasteiger partial charge is 0.434 e. The fraction of sp³-hybridized carbons (Fsp3) is 0.0909. The summed E-state index contributed by atoms with van der Waals surface area (Å²) in [5.74, 6) is -3.13. The molecule has 0 atom stereocenters. The third-order valence-electron chi connectivity index (χ3n) is 2.38. The summed E-state index contributed by atoms with van der Waals surface area (Å²) < 4.78 is 63.4. The number of halogens is 6. The van der Waals surface area contributed by atoms with Crippen molar-refractivity contribution in [2.24, 2.45) is 0 Å². The first-order valence-electron chi connectivity index (χ1n) is 5.27. The number of H-pyrrole nitrogens is 1. The number of nitrogens with one attached hydrogen (secondary N) is 2. The number of carbonyl (C=O) groups is 1. The molecule has 21 heavy (non-hydrogen) atoms. The van der Waals surface area contributed by atoms with Crippen molar-refractivity contribution in [1.29, 1.82) is 0 Å². The number of hydrogen-bond donors (Lipinski definition) is 2. The van der Waals surface area contributed by atoms with E-state index in [1.54, 1.807) is 5.10 Å². The fourth-order valence-corrected chi connectivity index (χ4v) is 1.72. The molecule has 0 unspecified atom stereocenters. The zero-order valence-corrected chi connectivity index (χ0v) is 10.6. The molecule has 0 aliphatic carbocycles. The van der Waals surface area contributed by atoms with Gasteiger partial charge >= 0.3 is 6.18 Å². The van der Waals surface area contributed by atoms with Gasteiger partial charge in [0.1, 0.15) is 16.7 Å². The highest BCUT2D eigenvalue weighted by molar-refractivity contribution is 6.34. The molecule has 112 valence electrons. The number of nitrogens with zero attached hydrogens (tertiary/aromatic N) is 1. The summed E-state index contributed by atoms with van der Waals surface area (Å²) in [6.07, 6.45) is -4.82. The van der Waals surface area contributed by atoms with Crippen LogP contribution in [0, 0.1) is 11.6 Å². The number of hydrogen-bond acceptors (Lipinski definition) is 2. The summed E-state index contributed by atoms with van der Waals surface area (Å²) in [5, 5.41) is 5.73. The van der Waals surface area contributed by atoms with Crippen LogP contribution in [0.3, 0.4) is 0 Å². The number of aromatic nitrogens is 2. The molecule has 1 aromatic carbocycles. The highest BCUT2D eigenvalue weighted by Gasteiger charge is 2.38. The van der Waals surface area contributed by atoms with Gasteiger partial charge in [-0.05, 0) is 12.1 Å². The molecule has 0 spiro atoms. The third-order valence-corrected chi connectivity index (χ3v) is 2.75. The number of rotatable bonds is 2. The molecule has 1 heterocycles. The van der Waals surface area contributed by atoms with E-state index in [-0.39, 0.29) is 0 Å². The lowest BCUT2D eigenvalue weighted by molar-refractivity contribution is -0.141. The highest BCUT2D eigenvalue weighted by Crippen LogP contribution is 2.34. The number of benzene rings is 1. The maximum atomic E-state index is 13.3. The molecule has 0 fully saturated rings. The van der Waals surface area contributed by atoms with Gasteiger partial charge in [-0.1, -0.05) is 11.6 Å². The molecule has 0 aliphatic rings. The Kier molecular flexibility index (Phi) is 3.86. The lowest BCUT2D eigenvalue weighted by Crippen LogP contribution is -2.14. The van der Waals surface area contributed by atoms with Crippen LogP contribution in [0.25, 0.3) is 0 Å². The van der Waals surface area contributed by atoms with Crippen LogP contribution in [0.4, 0.5) is 27.6 Å². The predicted molar refractivity (Wildman–Crippen MR) is 62.9 cm³/mol. The Bertz CT molecular complexity index is 698. The van der Waals surface area contributed by atoms with Crippen molar-refractivity contribution in [2.75, 3.05) is 5.32 Å². The maximum absolute atomic E-state index is 13.3. The lowest BCUT2D eigenvalue weighted by Gasteiger charge is -2.05. The van der Waals surface area contributed by atoms with E-state index in [2.05, 4.69) is 5.10 Å². The van der Waals surface area contributed by atoms with Gasteiger partial charge in [0.25, 0.3) is 5.91 Å². The van der Waals surface area contributed by atoms with Crippen molar-refractivity contribution in [3.8, 4) is 0 Å². The van der Waals surface area contributed by atoms with Crippen molar-refractivity contribution in [3.05, 3.63) is 46.2 Å². The minimum Gasteiger partial charge on any atom is -0.318 e. The molecule has 0 radical (unpaired) electrons. The Balaban J connectivity index is 2.27. The van der Waals surface area contributed by atoms with Crippen LogP contribution in [0.5, 0.6) is 0 Å². The summed E-state index contributed by atoms with van der Waals surface area (Å²) in [6.45, 7) is 0. The molecule has 1 amide bonds. The number of anilines is 1. The highest BCUT2D eigenvalue weighted by atomic mass is 35.5. The van der Waals surface area contributed by atoms with Gasteiger partial charge in [0.2, 0.25) is 0 Å². The van der Waals surface area contributed by atoms with Crippen LogP contribution in [-0.2, 0) is 6.18 Å². The molecule has 1 aromatic heterocycles. The summed E-state index contributed by atoms with van der Waals surface area (Å²) in [4.78, 5) is 11.7. The van der Waals surface area contributed by atoms with E-state index in [4.69, 9.17) is 11.6 Å². The van der Waals surface area contributed by atoms with Gasteiger partial charge in [0, 0.05) is 6.07 Å². The van der Waals surface area contributed by atoms with Gasteiger partial charge in [-0.2, -0.15) is 18.3 Å². The van der Waals surface area contributed by atoms with Crippen LogP contribution in [-0.4, -0.2) is 16.1 Å². The Morgan fingerprint density at radius 3 is 2.48 bits per heavy atom. The molecule has 0 saturated heterocycles. The van der Waals surface area contributed by atoms with Crippen LogP contribution in [0.15, 0.2) is 18.2 Å². The van der Waals surface area contributed by atoms with Crippen molar-refractivity contribution < 1.29 is 26.7 Å². The first kappa shape index (κ1) is 15.2. The molecule has 10 heteroatoms. The van der Waals surface area contributed by atoms with E-state index < -0.39 is 45.8 Å². The molecule has 0 saturated carbocycles. The summed E-state index contributed by atoms with van der Waals surface area (Å²) in [6, 6.07) is 2.28. The van der Waals surface area contributed by atoms with Gasteiger partial charge in [-0.3, -0.25) is 9.89 Å². The molecule has 2 rings (SSSR count). The minimum atomic E-state index is -4.82. The molecular formula is C11H5ClF5N3O. The van der Waals surface area contributed by atoms with Crippen LogP contribution >= 0.6 is 11.6 Å². The van der Waals surface area contributed by atoms with Gasteiger partial charge in [-0.15, -0.1) is 0 Å². The van der Waals surface area contributed by atoms with Crippen molar-refractivity contribution in [3.63, 3.8) is 0 Å². The maximum Gasteiger partial charge on any atom is 0.434 e. The average molecular weight is 326 g/mol. The Hall–Kier alpha value is -2.16. The zero-order chi connectivity index (χ0) is 15.8. The van der Waals surface area contributed by atoms with E-state index in [1.807, 2.05) is 5.32 Å². The monoisotopic (exact) mass is 325 g/mol. The second kappa shape index (κ2) is 5.32. The number of alkyl halides is 3. The Labute approximate surface area is 118 Å². The van der Waals surface area contributed by atoms with Gasteiger partial charge in [0.15, 0.2) is 11.4 Å². The van der Waals surface area contributed by atoms with Gasteiger partial charge < -0.3 is 5.32 Å². The van der Waals surface area contributed by atoms with E-state index in [9.17, 15) is 26.7 Å². The van der Waals surface area contributed by atoms with E-state index in [0.717, 1.165) is 12.1 Å². The first-order valence-corrected chi connectivity index (χ1v) is 5.65. The fourth-order valence-electron chi connectivity index (χ4n) is 1.44. The minimum absolute atomic E-state index is 0.422. The molecular weight excluding hydrogens is 321 g/mol. The third kappa shape index (κ3) is 3.13. The van der Waals surface area contributed by atoms with Crippen molar-refractivity contribution in [1.82, 2.24) is 10.2 Å². The Morgan fingerprint density at radius 1 is 1.29 bits per heavy atom. The first-order chi connectivity index (χ1) is 9.70. The average Bonchev–Trinajstić information content (AvgIpc) is 2.74. The molecule has 2 N–H and O–H groups in total. The number of carbonyl (C=O) groups excluding carboxylic acids is 1. The summed E-state index contributed by atoms with van der Waals surface area (Å²) in [7, 11) is 0.